The Balaban J connectivity index is 0.00000243. The average Bonchev–Trinajstić information content (AvgIpc) is 2.62. The number of nitrogens with zero attached hydrogens (tertiary/aromatic N) is 1. The van der Waals surface area contributed by atoms with E-state index in [2.05, 4.69) is 0 Å². The number of hydrogen-bond donors (Lipinski definition) is 1. The van der Waals surface area contributed by atoms with Crippen molar-refractivity contribution in [2.45, 2.75) is 25.8 Å². The lowest BCUT2D eigenvalue weighted by Gasteiger charge is -2.33. The lowest BCUT2D eigenvalue weighted by Crippen LogP contribution is -2.42. The van der Waals surface area contributed by atoms with Gasteiger partial charge in [0, 0.05) is 24.2 Å². The molecular weight excluding hydrogens is 374 g/mol. The summed E-state index contributed by atoms with van der Waals surface area (Å²) in [5, 5.41) is 0.631. The van der Waals surface area contributed by atoms with Crippen molar-refractivity contribution in [3.05, 3.63) is 58.9 Å². The zero-order chi connectivity index (χ0) is 18.0. The van der Waals surface area contributed by atoms with Crippen LogP contribution in [0.4, 0.5) is 4.39 Å². The van der Waals surface area contributed by atoms with Gasteiger partial charge in [-0.25, -0.2) is 4.39 Å². The van der Waals surface area contributed by atoms with Crippen molar-refractivity contribution in [3.8, 4) is 11.1 Å². The summed E-state index contributed by atoms with van der Waals surface area (Å²) in [5.74, 6) is -0.309. The molecule has 26 heavy (non-hydrogen) atoms. The molecule has 1 fully saturated rings. The minimum absolute atomic E-state index is 0. The molecule has 0 spiro atoms. The van der Waals surface area contributed by atoms with Crippen LogP contribution < -0.4 is 5.73 Å². The molecule has 1 heterocycles. The van der Waals surface area contributed by atoms with Gasteiger partial charge < -0.3 is 10.6 Å². The fraction of sp³-hybridized carbons (Fsp3) is 0.350. The van der Waals surface area contributed by atoms with Gasteiger partial charge in [0.2, 0.25) is 0 Å². The van der Waals surface area contributed by atoms with Crippen LogP contribution in [0, 0.1) is 11.7 Å². The summed E-state index contributed by atoms with van der Waals surface area (Å²) < 4.78 is 14.5. The molecule has 3 rings (SSSR count). The van der Waals surface area contributed by atoms with Crippen LogP contribution in [0.3, 0.4) is 0 Å². The highest BCUT2D eigenvalue weighted by Crippen LogP contribution is 2.26. The van der Waals surface area contributed by atoms with Crippen LogP contribution in [0.25, 0.3) is 11.1 Å². The third-order valence-corrected chi connectivity index (χ3v) is 5.20. The molecule has 0 aliphatic carbocycles. The number of piperidine rings is 1. The van der Waals surface area contributed by atoms with E-state index < -0.39 is 5.82 Å². The zero-order valence-electron chi connectivity index (χ0n) is 14.6. The minimum Gasteiger partial charge on any atom is -0.339 e. The van der Waals surface area contributed by atoms with Crippen LogP contribution in [-0.2, 0) is 0 Å². The number of likely N-dealkylation sites (tertiary alicyclic amines) is 1. The van der Waals surface area contributed by atoms with E-state index >= 15 is 0 Å². The highest BCUT2D eigenvalue weighted by atomic mass is 35.5. The molecule has 0 aromatic heterocycles. The molecule has 0 bridgehead atoms. The topological polar surface area (TPSA) is 46.3 Å². The van der Waals surface area contributed by atoms with E-state index in [1.54, 1.807) is 29.2 Å². The van der Waals surface area contributed by atoms with E-state index in [1.807, 2.05) is 19.1 Å². The molecular formula is C20H23Cl2FN2O. The summed E-state index contributed by atoms with van der Waals surface area (Å²) in [4.78, 5) is 14.3. The number of carbonyl (C=O) groups is 1. The van der Waals surface area contributed by atoms with E-state index in [9.17, 15) is 9.18 Å². The van der Waals surface area contributed by atoms with Gasteiger partial charge in [-0.15, -0.1) is 12.4 Å². The van der Waals surface area contributed by atoms with Gasteiger partial charge in [0.25, 0.3) is 5.91 Å². The lowest BCUT2D eigenvalue weighted by molar-refractivity contribution is 0.0676. The molecule has 140 valence electrons. The third-order valence-electron chi connectivity index (χ3n) is 4.95. The summed E-state index contributed by atoms with van der Waals surface area (Å²) in [5.41, 5.74) is 7.64. The molecule has 2 aromatic carbocycles. The number of nitrogens with two attached hydrogens (primary N) is 1. The van der Waals surface area contributed by atoms with Gasteiger partial charge in [-0.05, 0) is 61.1 Å². The van der Waals surface area contributed by atoms with Crippen molar-refractivity contribution in [2.24, 2.45) is 11.7 Å². The Morgan fingerprint density at radius 1 is 1.15 bits per heavy atom. The second kappa shape index (κ2) is 8.85. The molecule has 1 aliphatic heterocycles. The third kappa shape index (κ3) is 4.56. The van der Waals surface area contributed by atoms with Gasteiger partial charge in [-0.2, -0.15) is 0 Å². The predicted octanol–water partition coefficient (Wildman–Crippen LogP) is 4.77. The first-order valence-corrected chi connectivity index (χ1v) is 8.94. The fourth-order valence-corrected chi connectivity index (χ4v) is 3.44. The van der Waals surface area contributed by atoms with Crippen LogP contribution in [0.15, 0.2) is 42.5 Å². The monoisotopic (exact) mass is 396 g/mol. The molecule has 1 aliphatic rings. The normalized spacial score (nSPS) is 16.1. The quantitative estimate of drug-likeness (QED) is 0.811. The Kier molecular flexibility index (Phi) is 7.04. The number of rotatable bonds is 3. The Labute approximate surface area is 164 Å². The van der Waals surface area contributed by atoms with Gasteiger partial charge >= 0.3 is 0 Å². The molecule has 3 nitrogen and oxygen atoms in total. The predicted molar refractivity (Wildman–Crippen MR) is 106 cm³/mol. The maximum absolute atomic E-state index is 14.5. The van der Waals surface area contributed by atoms with Crippen LogP contribution in [0.1, 0.15) is 30.1 Å². The maximum Gasteiger partial charge on any atom is 0.256 e. The van der Waals surface area contributed by atoms with Gasteiger partial charge in [-0.1, -0.05) is 29.8 Å². The fourth-order valence-electron chi connectivity index (χ4n) is 3.31. The van der Waals surface area contributed by atoms with Crippen LogP contribution in [0.5, 0.6) is 0 Å². The van der Waals surface area contributed by atoms with E-state index in [0.29, 0.717) is 24.0 Å². The van der Waals surface area contributed by atoms with Crippen molar-refractivity contribution in [1.29, 1.82) is 0 Å². The summed E-state index contributed by atoms with van der Waals surface area (Å²) in [6.45, 7) is 3.25. The number of amides is 1. The number of carbonyl (C=O) groups excluding carboxylic acids is 1. The van der Waals surface area contributed by atoms with E-state index in [4.69, 9.17) is 17.3 Å². The Morgan fingerprint density at radius 3 is 2.27 bits per heavy atom. The standard InChI is InChI=1S/C20H22ClFN2O.ClH/c1-13(23)14-8-10-24(11-9-14)20(25)18-7-4-16(12-19(18)22)15-2-5-17(21)6-3-15;/h2-7,12-14H,8-11,23H2,1H3;1H. The first-order chi connectivity index (χ1) is 12.0. The minimum atomic E-state index is -0.494. The highest BCUT2D eigenvalue weighted by Gasteiger charge is 2.26. The number of hydrogen-bond acceptors (Lipinski definition) is 2. The van der Waals surface area contributed by atoms with Crippen LogP contribution >= 0.6 is 24.0 Å². The van der Waals surface area contributed by atoms with E-state index in [1.165, 1.54) is 6.07 Å². The Bertz CT molecular complexity index is 757. The van der Waals surface area contributed by atoms with Crippen LogP contribution in [0.2, 0.25) is 5.02 Å². The zero-order valence-corrected chi connectivity index (χ0v) is 16.2. The summed E-state index contributed by atoms with van der Waals surface area (Å²) >= 11 is 5.88. The number of benzene rings is 2. The van der Waals surface area contributed by atoms with Crippen molar-refractivity contribution >= 4 is 29.9 Å². The van der Waals surface area contributed by atoms with Crippen molar-refractivity contribution in [1.82, 2.24) is 4.90 Å². The van der Waals surface area contributed by atoms with Crippen molar-refractivity contribution in [3.63, 3.8) is 0 Å². The summed E-state index contributed by atoms with van der Waals surface area (Å²) in [6.07, 6.45) is 1.74. The molecule has 6 heteroatoms. The number of halogens is 3. The van der Waals surface area contributed by atoms with E-state index in [0.717, 1.165) is 24.0 Å². The molecule has 1 unspecified atom stereocenters. The molecule has 2 N–H and O–H groups in total. The van der Waals surface area contributed by atoms with Crippen molar-refractivity contribution in [2.75, 3.05) is 13.1 Å². The largest absolute Gasteiger partial charge is 0.339 e. The first kappa shape index (κ1) is 20.7. The summed E-state index contributed by atoms with van der Waals surface area (Å²) in [6, 6.07) is 12.1. The Hall–Kier alpha value is -1.62. The molecule has 0 radical (unpaired) electrons. The SMILES string of the molecule is CC(N)C1CCN(C(=O)c2ccc(-c3ccc(Cl)cc3)cc2F)CC1.Cl. The Morgan fingerprint density at radius 2 is 1.73 bits per heavy atom. The van der Waals surface area contributed by atoms with E-state index in [-0.39, 0.29) is 29.9 Å². The molecule has 1 atom stereocenters. The molecule has 1 amide bonds. The van der Waals surface area contributed by atoms with Gasteiger partial charge in [0.15, 0.2) is 0 Å². The average molecular weight is 397 g/mol. The molecule has 2 aromatic rings. The second-order valence-corrected chi connectivity index (χ2v) is 7.13. The van der Waals surface area contributed by atoms with Gasteiger partial charge in [0.05, 0.1) is 5.56 Å². The highest BCUT2D eigenvalue weighted by molar-refractivity contribution is 6.30. The first-order valence-electron chi connectivity index (χ1n) is 8.56. The molecule has 0 saturated carbocycles. The summed E-state index contributed by atoms with van der Waals surface area (Å²) in [7, 11) is 0. The maximum atomic E-state index is 14.5. The van der Waals surface area contributed by atoms with Gasteiger partial charge in [0.1, 0.15) is 5.82 Å². The van der Waals surface area contributed by atoms with Gasteiger partial charge in [-0.3, -0.25) is 4.79 Å². The van der Waals surface area contributed by atoms with Crippen molar-refractivity contribution < 1.29 is 9.18 Å². The molecule has 1 saturated heterocycles. The lowest BCUT2D eigenvalue weighted by atomic mass is 9.90. The second-order valence-electron chi connectivity index (χ2n) is 6.69. The smallest absolute Gasteiger partial charge is 0.256 e. The van der Waals surface area contributed by atoms with Crippen LogP contribution in [-0.4, -0.2) is 29.9 Å².